The summed E-state index contributed by atoms with van der Waals surface area (Å²) in [6.45, 7) is 4.15. The van der Waals surface area contributed by atoms with Crippen LogP contribution >= 0.6 is 11.6 Å². The maximum atomic E-state index is 13.1. The molecular formula is C19H19ClFN3O. The van der Waals surface area contributed by atoms with E-state index in [2.05, 4.69) is 10.6 Å². The van der Waals surface area contributed by atoms with Crippen molar-refractivity contribution in [1.82, 2.24) is 5.32 Å². The molecule has 0 radical (unpaired) electrons. The summed E-state index contributed by atoms with van der Waals surface area (Å²) in [5, 5.41) is 15.1. The van der Waals surface area contributed by atoms with Crippen molar-refractivity contribution < 1.29 is 9.18 Å². The third kappa shape index (κ3) is 5.28. The second-order valence-electron chi connectivity index (χ2n) is 6.01. The fourth-order valence-corrected chi connectivity index (χ4v) is 2.72. The van der Waals surface area contributed by atoms with E-state index in [0.29, 0.717) is 16.3 Å². The second kappa shape index (κ2) is 8.61. The predicted molar refractivity (Wildman–Crippen MR) is 96.8 cm³/mol. The van der Waals surface area contributed by atoms with E-state index in [4.69, 9.17) is 16.9 Å². The lowest BCUT2D eigenvalue weighted by atomic mass is 9.96. The van der Waals surface area contributed by atoms with Crippen LogP contribution in [0, 0.1) is 23.1 Å². The van der Waals surface area contributed by atoms with E-state index < -0.39 is 0 Å². The average molecular weight is 360 g/mol. The predicted octanol–water partition coefficient (Wildman–Crippen LogP) is 4.28. The van der Waals surface area contributed by atoms with Crippen LogP contribution in [0.1, 0.15) is 31.0 Å². The van der Waals surface area contributed by atoms with Crippen molar-refractivity contribution in [2.75, 3.05) is 11.9 Å². The average Bonchev–Trinajstić information content (AvgIpc) is 2.56. The molecule has 0 aliphatic heterocycles. The van der Waals surface area contributed by atoms with Gasteiger partial charge in [0, 0.05) is 11.7 Å². The number of amides is 1. The van der Waals surface area contributed by atoms with Crippen LogP contribution in [0.5, 0.6) is 0 Å². The molecular weight excluding hydrogens is 341 g/mol. The first kappa shape index (κ1) is 18.9. The van der Waals surface area contributed by atoms with Gasteiger partial charge >= 0.3 is 0 Å². The van der Waals surface area contributed by atoms with Gasteiger partial charge in [-0.25, -0.2) is 4.39 Å². The molecule has 0 aliphatic carbocycles. The van der Waals surface area contributed by atoms with Gasteiger partial charge in [0.2, 0.25) is 5.91 Å². The Balaban J connectivity index is 1.98. The largest absolute Gasteiger partial charge is 0.325 e. The van der Waals surface area contributed by atoms with Crippen LogP contribution < -0.4 is 10.6 Å². The molecule has 0 bridgehead atoms. The lowest BCUT2D eigenvalue weighted by molar-refractivity contribution is -0.115. The molecule has 6 heteroatoms. The zero-order valence-corrected chi connectivity index (χ0v) is 14.8. The Hall–Kier alpha value is -2.42. The summed E-state index contributed by atoms with van der Waals surface area (Å²) in [7, 11) is 0. The molecule has 0 unspecified atom stereocenters. The van der Waals surface area contributed by atoms with E-state index in [9.17, 15) is 9.18 Å². The van der Waals surface area contributed by atoms with E-state index >= 15 is 0 Å². The standard InChI is InChI=1S/C19H19ClFN3O/c1-12(2)19(13-3-6-15(21)7-4-13)23-11-18(25)24-16-8-5-14(10-22)17(20)9-16/h3-9,12,19,23H,11H2,1-2H3,(H,24,25)/t19-/m1/s1. The maximum absolute atomic E-state index is 13.1. The van der Waals surface area contributed by atoms with Gasteiger partial charge in [-0.15, -0.1) is 0 Å². The topological polar surface area (TPSA) is 64.9 Å². The molecule has 25 heavy (non-hydrogen) atoms. The number of halogens is 2. The molecule has 2 rings (SSSR count). The summed E-state index contributed by atoms with van der Waals surface area (Å²) >= 11 is 5.95. The Morgan fingerprint density at radius 2 is 1.92 bits per heavy atom. The van der Waals surface area contributed by atoms with Gasteiger partial charge in [-0.3, -0.25) is 4.79 Å². The number of hydrogen-bond acceptors (Lipinski definition) is 3. The van der Waals surface area contributed by atoms with Crippen molar-refractivity contribution >= 4 is 23.2 Å². The van der Waals surface area contributed by atoms with E-state index in [1.54, 1.807) is 24.3 Å². The van der Waals surface area contributed by atoms with Crippen LogP contribution in [0.2, 0.25) is 5.02 Å². The fraction of sp³-hybridized carbons (Fsp3) is 0.263. The van der Waals surface area contributed by atoms with Crippen molar-refractivity contribution in [3.8, 4) is 6.07 Å². The molecule has 0 aromatic heterocycles. The summed E-state index contributed by atoms with van der Waals surface area (Å²) in [6.07, 6.45) is 0. The molecule has 0 fully saturated rings. The summed E-state index contributed by atoms with van der Waals surface area (Å²) < 4.78 is 13.1. The first-order chi connectivity index (χ1) is 11.9. The van der Waals surface area contributed by atoms with Crippen molar-refractivity contribution in [2.45, 2.75) is 19.9 Å². The normalized spacial score (nSPS) is 11.8. The van der Waals surface area contributed by atoms with Gasteiger partial charge in [-0.1, -0.05) is 37.6 Å². The van der Waals surface area contributed by atoms with Crippen LogP contribution in [0.25, 0.3) is 0 Å². The van der Waals surface area contributed by atoms with Gasteiger partial charge in [0.05, 0.1) is 17.1 Å². The van der Waals surface area contributed by atoms with Crippen LogP contribution in [0.15, 0.2) is 42.5 Å². The molecule has 2 N–H and O–H groups in total. The Morgan fingerprint density at radius 1 is 1.24 bits per heavy atom. The SMILES string of the molecule is CC(C)[C@@H](NCC(=O)Nc1ccc(C#N)c(Cl)c1)c1ccc(F)cc1. The number of carbonyl (C=O) groups is 1. The number of rotatable bonds is 6. The third-order valence-electron chi connectivity index (χ3n) is 3.75. The van der Waals surface area contributed by atoms with Crippen molar-refractivity contribution in [3.63, 3.8) is 0 Å². The van der Waals surface area contributed by atoms with Crippen molar-refractivity contribution in [1.29, 1.82) is 5.26 Å². The van der Waals surface area contributed by atoms with Crippen LogP contribution in [0.4, 0.5) is 10.1 Å². The smallest absolute Gasteiger partial charge is 0.238 e. The minimum Gasteiger partial charge on any atom is -0.325 e. The maximum Gasteiger partial charge on any atom is 0.238 e. The minimum atomic E-state index is -0.290. The van der Waals surface area contributed by atoms with Crippen LogP contribution in [-0.4, -0.2) is 12.5 Å². The Bertz CT molecular complexity index is 784. The number of nitriles is 1. The highest BCUT2D eigenvalue weighted by Crippen LogP contribution is 2.22. The van der Waals surface area contributed by atoms with Crippen LogP contribution in [0.3, 0.4) is 0 Å². The van der Waals surface area contributed by atoms with Gasteiger partial charge in [0.1, 0.15) is 11.9 Å². The summed E-state index contributed by atoms with van der Waals surface area (Å²) in [5.74, 6) is -0.294. The van der Waals surface area contributed by atoms with Gasteiger partial charge < -0.3 is 10.6 Å². The van der Waals surface area contributed by atoms with Gasteiger partial charge in [-0.2, -0.15) is 5.26 Å². The van der Waals surface area contributed by atoms with Crippen molar-refractivity contribution in [3.05, 3.63) is 64.4 Å². The van der Waals surface area contributed by atoms with E-state index in [1.807, 2.05) is 19.9 Å². The minimum absolute atomic E-state index is 0.0732. The number of nitrogens with zero attached hydrogens (tertiary/aromatic N) is 1. The molecule has 2 aromatic rings. The molecule has 0 saturated heterocycles. The van der Waals surface area contributed by atoms with Gasteiger partial charge in [0.15, 0.2) is 0 Å². The quantitative estimate of drug-likeness (QED) is 0.809. The monoisotopic (exact) mass is 359 g/mol. The summed E-state index contributed by atoms with van der Waals surface area (Å²) in [4.78, 5) is 12.1. The summed E-state index contributed by atoms with van der Waals surface area (Å²) in [5.41, 5.74) is 1.80. The number of carbonyl (C=O) groups excluding carboxylic acids is 1. The first-order valence-electron chi connectivity index (χ1n) is 7.89. The lowest BCUT2D eigenvalue weighted by Gasteiger charge is -2.23. The molecule has 1 amide bonds. The Kier molecular flexibility index (Phi) is 6.51. The van der Waals surface area contributed by atoms with Crippen LogP contribution in [-0.2, 0) is 4.79 Å². The number of hydrogen-bond donors (Lipinski definition) is 2. The highest BCUT2D eigenvalue weighted by atomic mass is 35.5. The molecule has 4 nitrogen and oxygen atoms in total. The third-order valence-corrected chi connectivity index (χ3v) is 4.06. The van der Waals surface area contributed by atoms with Gasteiger partial charge in [-0.05, 0) is 41.8 Å². The highest BCUT2D eigenvalue weighted by Gasteiger charge is 2.16. The van der Waals surface area contributed by atoms with E-state index in [-0.39, 0.29) is 30.2 Å². The Labute approximate surface area is 151 Å². The lowest BCUT2D eigenvalue weighted by Crippen LogP contribution is -2.33. The molecule has 0 saturated carbocycles. The second-order valence-corrected chi connectivity index (χ2v) is 6.42. The summed E-state index contributed by atoms with van der Waals surface area (Å²) in [6, 6.07) is 12.9. The molecule has 0 heterocycles. The molecule has 1 atom stereocenters. The van der Waals surface area contributed by atoms with E-state index in [1.165, 1.54) is 18.2 Å². The fourth-order valence-electron chi connectivity index (χ4n) is 2.50. The molecule has 0 spiro atoms. The molecule has 0 aliphatic rings. The van der Waals surface area contributed by atoms with Gasteiger partial charge in [0.25, 0.3) is 0 Å². The number of benzene rings is 2. The first-order valence-corrected chi connectivity index (χ1v) is 8.27. The zero-order chi connectivity index (χ0) is 18.4. The Morgan fingerprint density at radius 3 is 2.48 bits per heavy atom. The van der Waals surface area contributed by atoms with Crippen molar-refractivity contribution in [2.24, 2.45) is 5.92 Å². The van der Waals surface area contributed by atoms with E-state index in [0.717, 1.165) is 5.56 Å². The number of anilines is 1. The zero-order valence-electron chi connectivity index (χ0n) is 14.0. The number of nitrogens with one attached hydrogen (secondary N) is 2. The molecule has 2 aromatic carbocycles. The highest BCUT2D eigenvalue weighted by molar-refractivity contribution is 6.32. The molecule has 130 valence electrons.